The number of halogens is 1. The number of amides is 1. The average molecular weight is 349 g/mol. The molecule has 1 unspecified atom stereocenters. The van der Waals surface area contributed by atoms with Crippen LogP contribution in [0.4, 0.5) is 0 Å². The molecular weight excluding hydrogens is 335 g/mol. The smallest absolute Gasteiger partial charge is 0.302 e. The molecule has 1 aliphatic rings. The molecule has 1 heterocycles. The standard InChI is InChI=1S/C11H14BrN2O4P/c12-9-2-4-10(5-3-9)19(17)14(6-1-7-18-19)8-11(15)13-16/h2-5,16H,1,6-8H2,(H,13,15). The van der Waals surface area contributed by atoms with E-state index in [9.17, 15) is 9.36 Å². The van der Waals surface area contributed by atoms with Crippen molar-refractivity contribution < 1.29 is 19.1 Å². The quantitative estimate of drug-likeness (QED) is 0.491. The largest absolute Gasteiger partial charge is 0.314 e. The highest BCUT2D eigenvalue weighted by molar-refractivity contribution is 9.10. The molecule has 1 amide bonds. The summed E-state index contributed by atoms with van der Waals surface area (Å²) in [5.74, 6) is -0.608. The van der Waals surface area contributed by atoms with Crippen molar-refractivity contribution in [1.29, 1.82) is 0 Å². The van der Waals surface area contributed by atoms with Crippen LogP contribution in [0.3, 0.4) is 0 Å². The van der Waals surface area contributed by atoms with Crippen molar-refractivity contribution in [2.24, 2.45) is 0 Å². The zero-order chi connectivity index (χ0) is 13.9. The van der Waals surface area contributed by atoms with Gasteiger partial charge in [-0.15, -0.1) is 0 Å². The Morgan fingerprint density at radius 3 is 2.79 bits per heavy atom. The molecule has 0 spiro atoms. The lowest BCUT2D eigenvalue weighted by molar-refractivity contribution is -0.129. The number of hydrogen-bond donors (Lipinski definition) is 2. The van der Waals surface area contributed by atoms with E-state index in [-0.39, 0.29) is 6.54 Å². The second-order valence-corrected chi connectivity index (χ2v) is 7.40. The minimum absolute atomic E-state index is 0.163. The van der Waals surface area contributed by atoms with Crippen molar-refractivity contribution in [1.82, 2.24) is 10.2 Å². The maximum Gasteiger partial charge on any atom is 0.302 e. The zero-order valence-corrected chi connectivity index (χ0v) is 12.6. The van der Waals surface area contributed by atoms with Crippen LogP contribution in [0.5, 0.6) is 0 Å². The van der Waals surface area contributed by atoms with E-state index in [1.807, 2.05) is 0 Å². The first-order valence-corrected chi connectivity index (χ1v) is 8.12. The predicted octanol–water partition coefficient (Wildman–Crippen LogP) is 1.50. The number of nitrogens with zero attached hydrogens (tertiary/aromatic N) is 1. The van der Waals surface area contributed by atoms with Crippen molar-refractivity contribution in [2.45, 2.75) is 6.42 Å². The van der Waals surface area contributed by atoms with Crippen LogP contribution < -0.4 is 10.8 Å². The molecule has 1 fully saturated rings. The fourth-order valence-electron chi connectivity index (χ4n) is 1.89. The van der Waals surface area contributed by atoms with Crippen molar-refractivity contribution in [3.8, 4) is 0 Å². The maximum atomic E-state index is 13.0. The van der Waals surface area contributed by atoms with Gasteiger partial charge in [0.2, 0.25) is 0 Å². The van der Waals surface area contributed by atoms with Gasteiger partial charge >= 0.3 is 7.52 Å². The minimum atomic E-state index is -3.22. The van der Waals surface area contributed by atoms with Gasteiger partial charge in [-0.3, -0.25) is 14.6 Å². The third kappa shape index (κ3) is 3.24. The van der Waals surface area contributed by atoms with Gasteiger partial charge in [-0.25, -0.2) is 10.2 Å². The third-order valence-electron chi connectivity index (χ3n) is 2.80. The molecule has 2 N–H and O–H groups in total. The Labute approximate surface area is 119 Å². The normalized spacial score (nSPS) is 24.1. The number of carbonyl (C=O) groups excluding carboxylic acids is 1. The van der Waals surface area contributed by atoms with E-state index in [4.69, 9.17) is 9.73 Å². The van der Waals surface area contributed by atoms with E-state index in [0.717, 1.165) is 4.47 Å². The molecule has 104 valence electrons. The van der Waals surface area contributed by atoms with Crippen LogP contribution in [0.1, 0.15) is 6.42 Å². The fraction of sp³-hybridized carbons (Fsp3) is 0.364. The van der Waals surface area contributed by atoms with Crippen LogP contribution in [-0.4, -0.2) is 35.5 Å². The molecule has 1 atom stereocenters. The summed E-state index contributed by atoms with van der Waals surface area (Å²) in [5, 5.41) is 9.12. The van der Waals surface area contributed by atoms with Crippen molar-refractivity contribution in [2.75, 3.05) is 19.7 Å². The second kappa shape index (κ2) is 6.15. The fourth-order valence-corrected chi connectivity index (χ4v) is 4.41. The van der Waals surface area contributed by atoms with Crippen LogP contribution in [0.25, 0.3) is 0 Å². The van der Waals surface area contributed by atoms with E-state index < -0.39 is 13.4 Å². The average Bonchev–Trinajstić information content (AvgIpc) is 2.42. The lowest BCUT2D eigenvalue weighted by Crippen LogP contribution is -2.40. The van der Waals surface area contributed by atoms with Crippen LogP contribution in [0.15, 0.2) is 28.7 Å². The van der Waals surface area contributed by atoms with Crippen LogP contribution in [0.2, 0.25) is 0 Å². The highest BCUT2D eigenvalue weighted by Crippen LogP contribution is 2.51. The molecule has 0 aliphatic carbocycles. The Balaban J connectivity index is 2.28. The van der Waals surface area contributed by atoms with Crippen LogP contribution in [0, 0.1) is 0 Å². The number of carbonyl (C=O) groups is 1. The molecule has 0 saturated carbocycles. The molecule has 1 saturated heterocycles. The summed E-state index contributed by atoms with van der Waals surface area (Å²) in [5.41, 5.74) is 1.55. The van der Waals surface area contributed by atoms with E-state index in [0.29, 0.717) is 24.9 Å². The summed E-state index contributed by atoms with van der Waals surface area (Å²) in [6.45, 7) is 0.717. The second-order valence-electron chi connectivity index (χ2n) is 4.11. The third-order valence-corrected chi connectivity index (χ3v) is 5.90. The maximum absolute atomic E-state index is 13.0. The van der Waals surface area contributed by atoms with Gasteiger partial charge in [0.1, 0.15) is 0 Å². The summed E-state index contributed by atoms with van der Waals surface area (Å²) >= 11 is 3.31. The number of nitrogens with one attached hydrogen (secondary N) is 1. The molecule has 0 bridgehead atoms. The molecule has 0 radical (unpaired) electrons. The molecular formula is C11H14BrN2O4P. The Morgan fingerprint density at radius 2 is 2.16 bits per heavy atom. The van der Waals surface area contributed by atoms with Gasteiger partial charge in [-0.2, -0.15) is 0 Å². The Bertz CT molecular complexity index is 508. The highest BCUT2D eigenvalue weighted by atomic mass is 79.9. The summed E-state index contributed by atoms with van der Waals surface area (Å²) in [4.78, 5) is 11.3. The van der Waals surface area contributed by atoms with E-state index in [2.05, 4.69) is 15.9 Å². The first-order chi connectivity index (χ1) is 9.06. The Kier molecular flexibility index (Phi) is 4.76. The number of benzene rings is 1. The van der Waals surface area contributed by atoms with E-state index in [1.165, 1.54) is 4.67 Å². The molecule has 0 aromatic heterocycles. The molecule has 19 heavy (non-hydrogen) atoms. The predicted molar refractivity (Wildman–Crippen MR) is 73.5 cm³/mol. The Hall–Kier alpha value is -0.720. The van der Waals surface area contributed by atoms with Gasteiger partial charge in [0, 0.05) is 11.0 Å². The zero-order valence-electron chi connectivity index (χ0n) is 10.1. The van der Waals surface area contributed by atoms with Gasteiger partial charge in [-0.05, 0) is 30.7 Å². The summed E-state index contributed by atoms with van der Waals surface area (Å²) in [6.07, 6.45) is 0.694. The van der Waals surface area contributed by atoms with Crippen LogP contribution in [-0.2, 0) is 13.9 Å². The first-order valence-electron chi connectivity index (χ1n) is 5.75. The van der Waals surface area contributed by atoms with Gasteiger partial charge in [0.25, 0.3) is 5.91 Å². The molecule has 6 nitrogen and oxygen atoms in total. The van der Waals surface area contributed by atoms with E-state index >= 15 is 0 Å². The lowest BCUT2D eigenvalue weighted by atomic mass is 10.4. The van der Waals surface area contributed by atoms with Crippen molar-refractivity contribution >= 4 is 34.7 Å². The molecule has 1 aromatic rings. The van der Waals surface area contributed by atoms with Gasteiger partial charge < -0.3 is 4.52 Å². The lowest BCUT2D eigenvalue weighted by Gasteiger charge is -2.34. The first kappa shape index (κ1) is 14.7. The van der Waals surface area contributed by atoms with Crippen molar-refractivity contribution in [3.05, 3.63) is 28.7 Å². The minimum Gasteiger partial charge on any atom is -0.314 e. The van der Waals surface area contributed by atoms with Crippen molar-refractivity contribution in [3.63, 3.8) is 0 Å². The van der Waals surface area contributed by atoms with Gasteiger partial charge in [0.15, 0.2) is 0 Å². The topological polar surface area (TPSA) is 78.9 Å². The number of hydroxylamine groups is 1. The monoisotopic (exact) mass is 348 g/mol. The number of rotatable bonds is 3. The summed E-state index contributed by atoms with van der Waals surface area (Å²) < 4.78 is 20.8. The molecule has 1 aliphatic heterocycles. The molecule has 2 rings (SSSR count). The van der Waals surface area contributed by atoms with Gasteiger partial charge in [0.05, 0.1) is 18.5 Å². The van der Waals surface area contributed by atoms with Gasteiger partial charge in [-0.1, -0.05) is 15.9 Å². The SMILES string of the molecule is O=C(CN1CCCOP1(=O)c1ccc(Br)cc1)NO. The molecule has 1 aromatic carbocycles. The highest BCUT2D eigenvalue weighted by Gasteiger charge is 2.37. The van der Waals surface area contributed by atoms with Crippen LogP contribution >= 0.6 is 23.4 Å². The Morgan fingerprint density at radius 1 is 1.47 bits per heavy atom. The summed E-state index contributed by atoms with van der Waals surface area (Å²) in [7, 11) is -3.22. The number of hydrogen-bond acceptors (Lipinski definition) is 4. The summed E-state index contributed by atoms with van der Waals surface area (Å²) in [6, 6.07) is 6.97. The van der Waals surface area contributed by atoms with E-state index in [1.54, 1.807) is 29.7 Å². The molecule has 8 heteroatoms.